The number of aromatic nitrogens is 3. The first-order chi connectivity index (χ1) is 12.7. The van der Waals surface area contributed by atoms with Crippen molar-refractivity contribution in [1.82, 2.24) is 13.7 Å². The minimum Gasteiger partial charge on any atom is -0.471 e. The molecule has 0 bridgehead atoms. The van der Waals surface area contributed by atoms with Crippen molar-refractivity contribution in [2.45, 2.75) is 20.5 Å². The molecule has 2 heterocycles. The fraction of sp³-hybridized carbons (Fsp3) is 0.316. The van der Waals surface area contributed by atoms with E-state index in [1.54, 1.807) is 7.05 Å². The summed E-state index contributed by atoms with van der Waals surface area (Å²) in [4.78, 5) is 35.7. The Balaban J connectivity index is 2.09. The van der Waals surface area contributed by atoms with Gasteiger partial charge in [-0.15, -0.1) is 0 Å². The normalized spacial score (nSPS) is 11.0. The number of hydrogen-bond donors (Lipinski definition) is 1. The standard InChI is InChI=1S/C19H22N4O4/c1-11-7-6-8-14-16(20-12(2)24)18(23(5)17(11)14)27-10-13-9-15(25)22(4)19(26)21(13)3/h6-9H,10H2,1-5H3,(H,20,24). The first kappa shape index (κ1) is 18.5. The number of rotatable bonds is 4. The number of ether oxygens (including phenoxy) is 1. The lowest BCUT2D eigenvalue weighted by atomic mass is 10.1. The molecule has 0 saturated carbocycles. The van der Waals surface area contributed by atoms with Crippen LogP contribution in [0.5, 0.6) is 5.88 Å². The van der Waals surface area contributed by atoms with Gasteiger partial charge in [0, 0.05) is 39.5 Å². The molecule has 0 aliphatic carbocycles. The molecular formula is C19H22N4O4. The van der Waals surface area contributed by atoms with Crippen molar-refractivity contribution in [3.63, 3.8) is 0 Å². The summed E-state index contributed by atoms with van der Waals surface area (Å²) in [5.74, 6) is 0.248. The number of nitrogens with one attached hydrogen (secondary N) is 1. The van der Waals surface area contributed by atoms with E-state index in [-0.39, 0.29) is 12.5 Å². The number of carbonyl (C=O) groups excluding carboxylic acids is 1. The Morgan fingerprint density at radius 3 is 2.48 bits per heavy atom. The van der Waals surface area contributed by atoms with Crippen LogP contribution >= 0.6 is 0 Å². The van der Waals surface area contributed by atoms with Crippen LogP contribution in [0, 0.1) is 6.92 Å². The summed E-state index contributed by atoms with van der Waals surface area (Å²) in [5, 5.41) is 3.69. The molecule has 1 amide bonds. The second-order valence-corrected chi connectivity index (χ2v) is 6.55. The quantitative estimate of drug-likeness (QED) is 0.752. The molecule has 0 radical (unpaired) electrons. The van der Waals surface area contributed by atoms with Crippen LogP contribution in [-0.2, 0) is 32.5 Å². The predicted octanol–water partition coefficient (Wildman–Crippen LogP) is 1.42. The van der Waals surface area contributed by atoms with Gasteiger partial charge in [0.15, 0.2) is 0 Å². The molecule has 0 unspecified atom stereocenters. The van der Waals surface area contributed by atoms with E-state index in [0.717, 1.165) is 21.0 Å². The highest BCUT2D eigenvalue weighted by Gasteiger charge is 2.19. The maximum absolute atomic E-state index is 12.1. The molecule has 8 heteroatoms. The maximum atomic E-state index is 12.1. The first-order valence-corrected chi connectivity index (χ1v) is 8.46. The largest absolute Gasteiger partial charge is 0.471 e. The molecule has 8 nitrogen and oxygen atoms in total. The fourth-order valence-corrected chi connectivity index (χ4v) is 3.22. The zero-order valence-electron chi connectivity index (χ0n) is 16.0. The summed E-state index contributed by atoms with van der Waals surface area (Å²) < 4.78 is 10.2. The van der Waals surface area contributed by atoms with Gasteiger partial charge < -0.3 is 14.6 Å². The van der Waals surface area contributed by atoms with Crippen molar-refractivity contribution in [3.8, 4) is 5.88 Å². The van der Waals surface area contributed by atoms with Crippen molar-refractivity contribution in [2.24, 2.45) is 21.1 Å². The van der Waals surface area contributed by atoms with E-state index in [1.807, 2.05) is 36.7 Å². The number of para-hydroxylation sites is 1. The number of anilines is 1. The SMILES string of the molecule is CC(=O)Nc1c(OCc2cc(=O)n(C)c(=O)n2C)n(C)c2c(C)cccc12. The average Bonchev–Trinajstić information content (AvgIpc) is 2.87. The van der Waals surface area contributed by atoms with E-state index < -0.39 is 11.2 Å². The summed E-state index contributed by atoms with van der Waals surface area (Å²) >= 11 is 0. The molecule has 3 rings (SSSR count). The van der Waals surface area contributed by atoms with Crippen molar-refractivity contribution in [3.05, 3.63) is 56.4 Å². The number of amides is 1. The molecule has 0 spiro atoms. The molecular weight excluding hydrogens is 348 g/mol. The van der Waals surface area contributed by atoms with Crippen LogP contribution in [0.25, 0.3) is 10.9 Å². The minimum absolute atomic E-state index is 0.0115. The van der Waals surface area contributed by atoms with Crippen LogP contribution in [0.1, 0.15) is 18.2 Å². The first-order valence-electron chi connectivity index (χ1n) is 8.46. The zero-order chi connectivity index (χ0) is 19.9. The van der Waals surface area contributed by atoms with Crippen LogP contribution in [0.2, 0.25) is 0 Å². The molecule has 0 fully saturated rings. The fourth-order valence-electron chi connectivity index (χ4n) is 3.22. The van der Waals surface area contributed by atoms with E-state index in [0.29, 0.717) is 17.3 Å². The predicted molar refractivity (Wildman–Crippen MR) is 103 cm³/mol. The van der Waals surface area contributed by atoms with Gasteiger partial charge in [0.25, 0.3) is 5.56 Å². The molecule has 3 aromatic rings. The van der Waals surface area contributed by atoms with Crippen LogP contribution < -0.4 is 21.3 Å². The number of benzene rings is 1. The summed E-state index contributed by atoms with van der Waals surface area (Å²) in [5.41, 5.74) is 2.17. The number of hydrogen-bond acceptors (Lipinski definition) is 4. The molecule has 0 aliphatic heterocycles. The van der Waals surface area contributed by atoms with Crippen molar-refractivity contribution in [1.29, 1.82) is 0 Å². The topological polar surface area (TPSA) is 87.3 Å². The summed E-state index contributed by atoms with van der Waals surface area (Å²) in [6, 6.07) is 7.17. The molecule has 142 valence electrons. The van der Waals surface area contributed by atoms with Gasteiger partial charge in [0.2, 0.25) is 11.8 Å². The monoisotopic (exact) mass is 370 g/mol. The number of carbonyl (C=O) groups is 1. The summed E-state index contributed by atoms with van der Waals surface area (Å²) in [6.45, 7) is 3.43. The smallest absolute Gasteiger partial charge is 0.330 e. The molecule has 27 heavy (non-hydrogen) atoms. The Labute approximate surface area is 155 Å². The van der Waals surface area contributed by atoms with Gasteiger partial charge in [-0.2, -0.15) is 0 Å². The molecule has 0 atom stereocenters. The Kier molecular flexibility index (Phi) is 4.65. The second-order valence-electron chi connectivity index (χ2n) is 6.55. The highest BCUT2D eigenvalue weighted by molar-refractivity contribution is 6.05. The Hall–Kier alpha value is -3.29. The van der Waals surface area contributed by atoms with Crippen LogP contribution in [0.3, 0.4) is 0 Å². The van der Waals surface area contributed by atoms with Crippen molar-refractivity contribution < 1.29 is 9.53 Å². The zero-order valence-corrected chi connectivity index (χ0v) is 16.0. The third-order valence-corrected chi connectivity index (χ3v) is 4.64. The lowest BCUT2D eigenvalue weighted by Crippen LogP contribution is -2.38. The lowest BCUT2D eigenvalue weighted by molar-refractivity contribution is -0.114. The second kappa shape index (κ2) is 6.79. The Morgan fingerprint density at radius 2 is 1.81 bits per heavy atom. The van der Waals surface area contributed by atoms with Gasteiger partial charge >= 0.3 is 5.69 Å². The van der Waals surface area contributed by atoms with Gasteiger partial charge in [-0.1, -0.05) is 18.2 Å². The van der Waals surface area contributed by atoms with Gasteiger partial charge in [-0.3, -0.25) is 18.7 Å². The number of fused-ring (bicyclic) bond motifs is 1. The van der Waals surface area contributed by atoms with E-state index in [4.69, 9.17) is 4.74 Å². The molecule has 0 aliphatic rings. The van der Waals surface area contributed by atoms with Crippen LogP contribution in [0.15, 0.2) is 33.9 Å². The number of aryl methyl sites for hydroxylation is 2. The van der Waals surface area contributed by atoms with E-state index in [9.17, 15) is 14.4 Å². The van der Waals surface area contributed by atoms with Crippen LogP contribution in [0.4, 0.5) is 5.69 Å². The average molecular weight is 370 g/mol. The van der Waals surface area contributed by atoms with Crippen molar-refractivity contribution in [2.75, 3.05) is 5.32 Å². The summed E-state index contributed by atoms with van der Waals surface area (Å²) in [7, 11) is 4.86. The van der Waals surface area contributed by atoms with Gasteiger partial charge in [-0.05, 0) is 12.5 Å². The van der Waals surface area contributed by atoms with E-state index in [2.05, 4.69) is 5.32 Å². The lowest BCUT2D eigenvalue weighted by Gasteiger charge is -2.13. The van der Waals surface area contributed by atoms with Gasteiger partial charge in [0.1, 0.15) is 12.3 Å². The van der Waals surface area contributed by atoms with Crippen LogP contribution in [-0.4, -0.2) is 19.6 Å². The Morgan fingerprint density at radius 1 is 1.11 bits per heavy atom. The third kappa shape index (κ3) is 3.14. The molecule has 2 aromatic heterocycles. The Bertz CT molecular complexity index is 1170. The van der Waals surface area contributed by atoms with Gasteiger partial charge in [0.05, 0.1) is 11.2 Å². The van der Waals surface area contributed by atoms with E-state index >= 15 is 0 Å². The maximum Gasteiger partial charge on any atom is 0.330 e. The molecule has 0 saturated heterocycles. The molecule has 1 aromatic carbocycles. The minimum atomic E-state index is -0.420. The molecule has 1 N–H and O–H groups in total. The highest BCUT2D eigenvalue weighted by atomic mass is 16.5. The van der Waals surface area contributed by atoms with E-state index in [1.165, 1.54) is 24.6 Å². The van der Waals surface area contributed by atoms with Crippen molar-refractivity contribution >= 4 is 22.5 Å². The summed E-state index contributed by atoms with van der Waals surface area (Å²) in [6.07, 6.45) is 0. The highest BCUT2D eigenvalue weighted by Crippen LogP contribution is 2.38. The number of nitrogens with zero attached hydrogens (tertiary/aromatic N) is 3. The van der Waals surface area contributed by atoms with Gasteiger partial charge in [-0.25, -0.2) is 4.79 Å². The third-order valence-electron chi connectivity index (χ3n) is 4.64.